The fraction of sp³-hybridized carbons (Fsp3) is 0.154. The number of aromatic nitrogens is 2. The number of benzene rings is 3. The number of nitrogens with one attached hydrogen (secondary N) is 1. The number of carbonyl (C=O) groups is 1. The van der Waals surface area contributed by atoms with Crippen molar-refractivity contribution >= 4 is 11.6 Å². The third-order valence-electron chi connectivity index (χ3n) is 5.02. The standard InChI is InChI=1S/C26H25N3O/c1-17-8-10-21(11-9-17)25-16-24(28-29(25)23-7-5-6-18(2)15-23)26(30)27-22-13-19(3)12-20(4)14-22/h5-16H,1-4H3,(H,27,30). The first kappa shape index (κ1) is 19.6. The van der Waals surface area contributed by atoms with Crippen molar-refractivity contribution in [2.45, 2.75) is 27.7 Å². The van der Waals surface area contributed by atoms with Crippen molar-refractivity contribution in [1.29, 1.82) is 0 Å². The van der Waals surface area contributed by atoms with Gasteiger partial charge in [0.25, 0.3) is 5.91 Å². The van der Waals surface area contributed by atoms with Gasteiger partial charge in [0, 0.05) is 11.3 Å². The molecule has 3 aromatic carbocycles. The van der Waals surface area contributed by atoms with Crippen LogP contribution in [0.5, 0.6) is 0 Å². The Kier molecular flexibility index (Phi) is 5.23. The average Bonchev–Trinajstić information content (AvgIpc) is 3.13. The molecule has 0 spiro atoms. The highest BCUT2D eigenvalue weighted by molar-refractivity contribution is 6.03. The number of anilines is 1. The Morgan fingerprint density at radius 2 is 1.47 bits per heavy atom. The second kappa shape index (κ2) is 7.99. The first-order valence-electron chi connectivity index (χ1n) is 10.0. The normalized spacial score (nSPS) is 10.8. The average molecular weight is 396 g/mol. The molecule has 4 nitrogen and oxygen atoms in total. The Hall–Kier alpha value is -3.66. The Morgan fingerprint density at radius 3 is 2.13 bits per heavy atom. The summed E-state index contributed by atoms with van der Waals surface area (Å²) in [5.41, 5.74) is 8.52. The summed E-state index contributed by atoms with van der Waals surface area (Å²) in [5, 5.41) is 7.66. The third kappa shape index (κ3) is 4.18. The topological polar surface area (TPSA) is 46.9 Å². The first-order valence-corrected chi connectivity index (χ1v) is 10.0. The predicted octanol–water partition coefficient (Wildman–Crippen LogP) is 6.03. The van der Waals surface area contributed by atoms with E-state index in [2.05, 4.69) is 53.7 Å². The first-order chi connectivity index (χ1) is 14.4. The number of aryl methyl sites for hydroxylation is 4. The van der Waals surface area contributed by atoms with Gasteiger partial charge in [-0.1, -0.05) is 48.0 Å². The molecule has 30 heavy (non-hydrogen) atoms. The smallest absolute Gasteiger partial charge is 0.276 e. The van der Waals surface area contributed by atoms with Gasteiger partial charge in [-0.05, 0) is 74.7 Å². The van der Waals surface area contributed by atoms with E-state index in [0.717, 1.165) is 39.3 Å². The molecule has 4 heteroatoms. The molecule has 1 aromatic heterocycles. The highest BCUT2D eigenvalue weighted by Gasteiger charge is 2.17. The van der Waals surface area contributed by atoms with Gasteiger partial charge in [-0.3, -0.25) is 4.79 Å². The molecule has 0 atom stereocenters. The van der Waals surface area contributed by atoms with Crippen LogP contribution in [0.3, 0.4) is 0 Å². The maximum atomic E-state index is 13.0. The lowest BCUT2D eigenvalue weighted by Crippen LogP contribution is -2.13. The summed E-state index contributed by atoms with van der Waals surface area (Å²) in [6.07, 6.45) is 0. The van der Waals surface area contributed by atoms with Crippen molar-refractivity contribution in [1.82, 2.24) is 9.78 Å². The van der Waals surface area contributed by atoms with Crippen molar-refractivity contribution < 1.29 is 4.79 Å². The summed E-state index contributed by atoms with van der Waals surface area (Å²) in [6.45, 7) is 8.14. The Bertz CT molecular complexity index is 1200. The van der Waals surface area contributed by atoms with Crippen LogP contribution in [0.4, 0.5) is 5.69 Å². The molecule has 0 aliphatic rings. The van der Waals surface area contributed by atoms with Gasteiger partial charge in [0.2, 0.25) is 0 Å². The third-order valence-corrected chi connectivity index (χ3v) is 5.02. The van der Waals surface area contributed by atoms with Crippen molar-refractivity contribution in [3.63, 3.8) is 0 Å². The highest BCUT2D eigenvalue weighted by Crippen LogP contribution is 2.25. The number of hydrogen-bond donors (Lipinski definition) is 1. The van der Waals surface area contributed by atoms with Crippen LogP contribution in [0.15, 0.2) is 72.8 Å². The molecule has 150 valence electrons. The van der Waals surface area contributed by atoms with E-state index >= 15 is 0 Å². The van der Waals surface area contributed by atoms with Crippen molar-refractivity contribution in [3.05, 3.63) is 101 Å². The van der Waals surface area contributed by atoms with Gasteiger partial charge in [0.15, 0.2) is 5.69 Å². The van der Waals surface area contributed by atoms with Gasteiger partial charge < -0.3 is 5.32 Å². The second-order valence-corrected chi connectivity index (χ2v) is 7.86. The van der Waals surface area contributed by atoms with Gasteiger partial charge in [-0.15, -0.1) is 0 Å². The minimum absolute atomic E-state index is 0.222. The summed E-state index contributed by atoms with van der Waals surface area (Å²) < 4.78 is 1.84. The van der Waals surface area contributed by atoms with Gasteiger partial charge >= 0.3 is 0 Å². The lowest BCUT2D eigenvalue weighted by molar-refractivity contribution is 0.102. The van der Waals surface area contributed by atoms with E-state index < -0.39 is 0 Å². The molecule has 0 bridgehead atoms. The zero-order valence-corrected chi connectivity index (χ0v) is 17.7. The summed E-state index contributed by atoms with van der Waals surface area (Å²) in [6, 6.07) is 24.2. The molecule has 0 unspecified atom stereocenters. The molecule has 0 saturated heterocycles. The molecule has 0 aliphatic carbocycles. The maximum absolute atomic E-state index is 13.0. The minimum atomic E-state index is -0.222. The number of carbonyl (C=O) groups excluding carboxylic acids is 1. The molecule has 1 heterocycles. The molecule has 0 aliphatic heterocycles. The van der Waals surface area contributed by atoms with E-state index in [1.807, 2.05) is 61.9 Å². The summed E-state index contributed by atoms with van der Waals surface area (Å²) in [7, 11) is 0. The van der Waals surface area contributed by atoms with Crippen LogP contribution >= 0.6 is 0 Å². The summed E-state index contributed by atoms with van der Waals surface area (Å²) in [5.74, 6) is -0.222. The molecule has 4 rings (SSSR count). The highest BCUT2D eigenvalue weighted by atomic mass is 16.1. The van der Waals surface area contributed by atoms with Crippen molar-refractivity contribution in [3.8, 4) is 16.9 Å². The number of nitrogens with zero attached hydrogens (tertiary/aromatic N) is 2. The summed E-state index contributed by atoms with van der Waals surface area (Å²) >= 11 is 0. The lowest BCUT2D eigenvalue weighted by Gasteiger charge is -2.08. The van der Waals surface area contributed by atoms with E-state index in [4.69, 9.17) is 0 Å². The van der Waals surface area contributed by atoms with E-state index in [9.17, 15) is 4.79 Å². The fourth-order valence-electron chi connectivity index (χ4n) is 3.62. The maximum Gasteiger partial charge on any atom is 0.276 e. The SMILES string of the molecule is Cc1ccc(-c2cc(C(=O)Nc3cc(C)cc(C)c3)nn2-c2cccc(C)c2)cc1. The van der Waals surface area contributed by atoms with Gasteiger partial charge in [-0.2, -0.15) is 5.10 Å². The van der Waals surface area contributed by atoms with Crippen molar-refractivity contribution in [2.24, 2.45) is 0 Å². The zero-order valence-electron chi connectivity index (χ0n) is 17.7. The molecule has 0 fully saturated rings. The Morgan fingerprint density at radius 1 is 0.767 bits per heavy atom. The monoisotopic (exact) mass is 395 g/mol. The molecular weight excluding hydrogens is 370 g/mol. The Labute approximate surface area is 177 Å². The number of rotatable bonds is 4. The molecular formula is C26H25N3O. The number of hydrogen-bond acceptors (Lipinski definition) is 2. The largest absolute Gasteiger partial charge is 0.321 e. The van der Waals surface area contributed by atoms with Crippen LogP contribution in [-0.2, 0) is 0 Å². The van der Waals surface area contributed by atoms with Crippen LogP contribution in [0.25, 0.3) is 16.9 Å². The van der Waals surface area contributed by atoms with E-state index in [1.54, 1.807) is 0 Å². The van der Waals surface area contributed by atoms with Crippen LogP contribution in [0.1, 0.15) is 32.7 Å². The second-order valence-electron chi connectivity index (χ2n) is 7.86. The van der Waals surface area contributed by atoms with Crippen LogP contribution in [-0.4, -0.2) is 15.7 Å². The summed E-state index contributed by atoms with van der Waals surface area (Å²) in [4.78, 5) is 13.0. The Balaban J connectivity index is 1.76. The van der Waals surface area contributed by atoms with Crippen LogP contribution < -0.4 is 5.32 Å². The molecule has 1 N–H and O–H groups in total. The predicted molar refractivity (Wildman–Crippen MR) is 122 cm³/mol. The van der Waals surface area contributed by atoms with E-state index in [1.165, 1.54) is 5.56 Å². The van der Waals surface area contributed by atoms with Crippen molar-refractivity contribution in [2.75, 3.05) is 5.32 Å². The molecule has 1 amide bonds. The fourth-order valence-corrected chi connectivity index (χ4v) is 3.62. The molecule has 4 aromatic rings. The van der Waals surface area contributed by atoms with Crippen LogP contribution in [0, 0.1) is 27.7 Å². The zero-order chi connectivity index (χ0) is 21.3. The lowest BCUT2D eigenvalue weighted by atomic mass is 10.1. The van der Waals surface area contributed by atoms with Gasteiger partial charge in [-0.25, -0.2) is 4.68 Å². The number of amides is 1. The minimum Gasteiger partial charge on any atom is -0.321 e. The molecule has 0 saturated carbocycles. The van der Waals surface area contributed by atoms with Crippen LogP contribution in [0.2, 0.25) is 0 Å². The van der Waals surface area contributed by atoms with E-state index in [0.29, 0.717) is 5.69 Å². The van der Waals surface area contributed by atoms with Gasteiger partial charge in [0.1, 0.15) is 0 Å². The van der Waals surface area contributed by atoms with E-state index in [-0.39, 0.29) is 5.91 Å². The molecule has 0 radical (unpaired) electrons. The van der Waals surface area contributed by atoms with Gasteiger partial charge in [0.05, 0.1) is 11.4 Å². The quantitative estimate of drug-likeness (QED) is 0.459.